The smallest absolute Gasteiger partial charge is 0.159 e. The molecule has 0 aromatic rings. The van der Waals surface area contributed by atoms with Crippen LogP contribution in [0, 0.1) is 0 Å². The van der Waals surface area contributed by atoms with Crippen molar-refractivity contribution >= 4 is 37.3 Å². The Morgan fingerprint density at radius 2 is 1.25 bits per heavy atom. The van der Waals surface area contributed by atoms with E-state index < -0.39 is 9.66 Å². The van der Waals surface area contributed by atoms with Crippen LogP contribution in [0.25, 0.3) is 0 Å². The predicted molar refractivity (Wildman–Crippen MR) is 60.3 cm³/mol. The first-order chi connectivity index (χ1) is 5.33. The van der Waals surface area contributed by atoms with Gasteiger partial charge in [-0.15, -0.1) is 0 Å². The molecule has 12 heavy (non-hydrogen) atoms. The number of aliphatic hydroxyl groups is 2. The van der Waals surface area contributed by atoms with Crippen LogP contribution >= 0.6 is 21.6 Å². The van der Waals surface area contributed by atoms with Crippen LogP contribution < -0.4 is 11.5 Å². The minimum atomic E-state index is -1.01. The summed E-state index contributed by atoms with van der Waals surface area (Å²) < 4.78 is 0. The Kier molecular flexibility index (Phi) is 5.05. The highest BCUT2D eigenvalue weighted by molar-refractivity contribution is 8.78. The normalized spacial score (nSPS) is 21.3. The van der Waals surface area contributed by atoms with E-state index in [2.05, 4.69) is 0 Å². The Morgan fingerprint density at radius 1 is 1.00 bits per heavy atom. The highest BCUT2D eigenvalue weighted by Crippen LogP contribution is 2.37. The first-order valence-electron chi connectivity index (χ1n) is 3.55. The zero-order valence-electron chi connectivity index (χ0n) is 7.28. The monoisotopic (exact) mass is 208 g/mol. The standard InChI is InChI=1S/C4H14B2N2O2S2/c5-3(9,1-7)11-12-4(6,10)2-8/h9-10H,1-2,5-8H2. The predicted octanol–water partition coefficient (Wildman–Crippen LogP) is -3.16. The van der Waals surface area contributed by atoms with Crippen molar-refractivity contribution in [2.75, 3.05) is 13.1 Å². The third-order valence-corrected chi connectivity index (χ3v) is 4.70. The zero-order valence-corrected chi connectivity index (χ0v) is 8.91. The molecule has 8 heteroatoms. The van der Waals surface area contributed by atoms with Gasteiger partial charge >= 0.3 is 0 Å². The molecular weight excluding hydrogens is 194 g/mol. The number of hydrogen-bond donors (Lipinski definition) is 4. The molecule has 0 amide bonds. The molecule has 0 fully saturated rings. The van der Waals surface area contributed by atoms with Gasteiger partial charge in [0.25, 0.3) is 0 Å². The van der Waals surface area contributed by atoms with E-state index in [-0.39, 0.29) is 13.1 Å². The molecule has 2 atom stereocenters. The molecule has 0 aliphatic rings. The second kappa shape index (κ2) is 4.78. The van der Waals surface area contributed by atoms with Crippen LogP contribution in [0.1, 0.15) is 0 Å². The maximum Gasteiger partial charge on any atom is 0.159 e. The van der Waals surface area contributed by atoms with E-state index in [9.17, 15) is 10.2 Å². The average molecular weight is 208 g/mol. The first-order valence-corrected chi connectivity index (χ1v) is 5.70. The van der Waals surface area contributed by atoms with Gasteiger partial charge in [-0.25, -0.2) is 0 Å². The van der Waals surface area contributed by atoms with Crippen molar-refractivity contribution in [3.05, 3.63) is 0 Å². The SMILES string of the molecule is BC(O)(CN)SSC(B)(O)CN. The first kappa shape index (κ1) is 12.7. The van der Waals surface area contributed by atoms with E-state index in [4.69, 9.17) is 11.5 Å². The molecule has 0 aromatic carbocycles. The molecule has 0 heterocycles. The van der Waals surface area contributed by atoms with E-state index in [1.807, 2.05) is 0 Å². The maximum absolute atomic E-state index is 9.45. The Labute approximate surface area is 82.1 Å². The minimum Gasteiger partial charge on any atom is -0.387 e. The lowest BCUT2D eigenvalue weighted by molar-refractivity contribution is 0.227. The molecule has 0 radical (unpaired) electrons. The topological polar surface area (TPSA) is 92.5 Å². The molecule has 0 aliphatic heterocycles. The van der Waals surface area contributed by atoms with Gasteiger partial charge in [-0.05, 0) is 0 Å². The molecule has 0 bridgehead atoms. The van der Waals surface area contributed by atoms with Crippen LogP contribution in [0.5, 0.6) is 0 Å². The molecule has 6 N–H and O–H groups in total. The summed E-state index contributed by atoms with van der Waals surface area (Å²) in [5.41, 5.74) is 10.6. The summed E-state index contributed by atoms with van der Waals surface area (Å²) >= 11 is 0. The zero-order chi connectivity index (χ0) is 9.83. The lowest BCUT2D eigenvalue weighted by atomic mass is 10.00. The summed E-state index contributed by atoms with van der Waals surface area (Å²) in [5, 5.41) is 18.9. The maximum atomic E-state index is 9.45. The van der Waals surface area contributed by atoms with Crippen LogP contribution in [-0.4, -0.2) is 48.7 Å². The lowest BCUT2D eigenvalue weighted by Crippen LogP contribution is -2.37. The summed E-state index contributed by atoms with van der Waals surface area (Å²) in [6.07, 6.45) is 0. The van der Waals surface area contributed by atoms with Gasteiger partial charge < -0.3 is 21.7 Å². The summed E-state index contributed by atoms with van der Waals surface area (Å²) in [6.45, 7) is 0.288. The Bertz CT molecular complexity index is 131. The summed E-state index contributed by atoms with van der Waals surface area (Å²) in [7, 11) is 5.44. The molecule has 70 valence electrons. The summed E-state index contributed by atoms with van der Waals surface area (Å²) in [5.74, 6) is 0. The third-order valence-electron chi connectivity index (χ3n) is 1.16. The highest BCUT2D eigenvalue weighted by atomic mass is 33.1. The Hall–Kier alpha value is 0.670. The van der Waals surface area contributed by atoms with Gasteiger partial charge in [0.1, 0.15) is 0 Å². The van der Waals surface area contributed by atoms with E-state index in [1.165, 1.54) is 0 Å². The van der Waals surface area contributed by atoms with Crippen LogP contribution in [0.2, 0.25) is 0 Å². The van der Waals surface area contributed by atoms with E-state index in [1.54, 1.807) is 15.7 Å². The second-order valence-corrected chi connectivity index (χ2v) is 6.02. The van der Waals surface area contributed by atoms with Crippen molar-refractivity contribution in [2.45, 2.75) is 9.66 Å². The molecule has 0 spiro atoms. The van der Waals surface area contributed by atoms with E-state index in [0.29, 0.717) is 0 Å². The van der Waals surface area contributed by atoms with Gasteiger partial charge in [0, 0.05) is 13.1 Å². The molecule has 2 unspecified atom stereocenters. The van der Waals surface area contributed by atoms with Gasteiger partial charge in [0.2, 0.25) is 0 Å². The van der Waals surface area contributed by atoms with E-state index in [0.717, 1.165) is 21.6 Å². The van der Waals surface area contributed by atoms with Crippen molar-refractivity contribution in [1.82, 2.24) is 0 Å². The Balaban J connectivity index is 3.82. The van der Waals surface area contributed by atoms with Gasteiger partial charge in [-0.3, -0.25) is 0 Å². The number of hydrogen-bond acceptors (Lipinski definition) is 6. The molecule has 0 saturated heterocycles. The molecular formula is C4H14B2N2O2S2. The fourth-order valence-electron chi connectivity index (χ4n) is 0.248. The van der Waals surface area contributed by atoms with Crippen molar-refractivity contribution in [1.29, 1.82) is 0 Å². The molecule has 0 rings (SSSR count). The van der Waals surface area contributed by atoms with Crippen molar-refractivity contribution in [3.8, 4) is 0 Å². The van der Waals surface area contributed by atoms with Gasteiger partial charge in [0.15, 0.2) is 15.7 Å². The number of rotatable bonds is 5. The van der Waals surface area contributed by atoms with Crippen molar-refractivity contribution in [3.63, 3.8) is 0 Å². The fraction of sp³-hybridized carbons (Fsp3) is 1.00. The van der Waals surface area contributed by atoms with Crippen LogP contribution in [-0.2, 0) is 0 Å². The minimum absolute atomic E-state index is 0.144. The molecule has 0 saturated carbocycles. The number of nitrogens with two attached hydrogens (primary N) is 2. The Morgan fingerprint density at radius 3 is 1.42 bits per heavy atom. The highest BCUT2D eigenvalue weighted by Gasteiger charge is 2.26. The molecule has 4 nitrogen and oxygen atoms in total. The second-order valence-electron chi connectivity index (χ2n) is 2.92. The van der Waals surface area contributed by atoms with Gasteiger partial charge in [-0.1, -0.05) is 21.6 Å². The molecule has 0 aromatic heterocycles. The average Bonchev–Trinajstić information content (AvgIpc) is 2.02. The third kappa shape index (κ3) is 5.34. The van der Waals surface area contributed by atoms with Crippen molar-refractivity contribution < 1.29 is 10.2 Å². The van der Waals surface area contributed by atoms with Gasteiger partial charge in [-0.2, -0.15) is 0 Å². The summed E-state index contributed by atoms with van der Waals surface area (Å²) in [6, 6.07) is 0. The summed E-state index contributed by atoms with van der Waals surface area (Å²) in [4.78, 5) is -2.02. The lowest BCUT2D eigenvalue weighted by Gasteiger charge is -2.26. The van der Waals surface area contributed by atoms with E-state index >= 15 is 0 Å². The van der Waals surface area contributed by atoms with Crippen molar-refractivity contribution in [2.24, 2.45) is 11.5 Å². The van der Waals surface area contributed by atoms with Crippen LogP contribution in [0.4, 0.5) is 0 Å². The van der Waals surface area contributed by atoms with Crippen LogP contribution in [0.15, 0.2) is 0 Å². The quantitative estimate of drug-likeness (QED) is 0.216. The largest absolute Gasteiger partial charge is 0.387 e. The van der Waals surface area contributed by atoms with Crippen LogP contribution in [0.3, 0.4) is 0 Å². The van der Waals surface area contributed by atoms with Gasteiger partial charge in [0.05, 0.1) is 9.66 Å². The fourth-order valence-corrected chi connectivity index (χ4v) is 2.23. The molecule has 0 aliphatic carbocycles.